The number of likely N-dealkylation sites (tertiary alicyclic amines) is 1. The first kappa shape index (κ1) is 19.6. The van der Waals surface area contributed by atoms with E-state index in [-0.39, 0.29) is 16.7 Å². The van der Waals surface area contributed by atoms with Crippen molar-refractivity contribution in [3.63, 3.8) is 0 Å². The molecule has 2 bridgehead atoms. The molecule has 146 valence electrons. The number of fused-ring (bicyclic) bond motifs is 2. The second-order valence-corrected chi connectivity index (χ2v) is 9.28. The molecule has 0 aliphatic carbocycles. The molecule has 2 saturated heterocycles. The molecule has 2 amide bonds. The predicted molar refractivity (Wildman–Crippen MR) is 102 cm³/mol. The summed E-state index contributed by atoms with van der Waals surface area (Å²) < 4.78 is 25.0. The molecule has 1 aromatic rings. The fourth-order valence-corrected chi connectivity index (χ4v) is 5.37. The molecule has 2 aliphatic rings. The molecule has 0 aromatic heterocycles. The second kappa shape index (κ2) is 8.28. The highest BCUT2D eigenvalue weighted by Gasteiger charge is 2.40. The lowest BCUT2D eigenvalue weighted by molar-refractivity contribution is 0.0832. The van der Waals surface area contributed by atoms with Gasteiger partial charge in [-0.1, -0.05) is 0 Å². The third-order valence-electron chi connectivity index (χ3n) is 5.42. The molecule has 7 nitrogen and oxygen atoms in total. The summed E-state index contributed by atoms with van der Waals surface area (Å²) in [7, 11) is -3.34. The van der Waals surface area contributed by atoms with Gasteiger partial charge in [0.15, 0.2) is 9.84 Å². The molecule has 0 spiro atoms. The zero-order chi connectivity index (χ0) is 19.4. The number of rotatable bonds is 6. The molecular formula is C19H26N4O3S. The third-order valence-corrected chi connectivity index (χ3v) is 7.24. The zero-order valence-electron chi connectivity index (χ0n) is 15.6. The van der Waals surface area contributed by atoms with Crippen molar-refractivity contribution in [1.29, 1.82) is 5.26 Å². The normalized spacial score (nSPS) is 22.4. The molecule has 0 saturated carbocycles. The number of piperazine rings is 1. The number of nitrogens with one attached hydrogen (secondary N) is 1. The maximum absolute atomic E-state index is 12.5. The summed E-state index contributed by atoms with van der Waals surface area (Å²) in [5.74, 6) is 0.0921. The minimum Gasteiger partial charge on any atom is -0.338 e. The lowest BCUT2D eigenvalue weighted by Crippen LogP contribution is -2.57. The van der Waals surface area contributed by atoms with Crippen molar-refractivity contribution >= 4 is 15.9 Å². The van der Waals surface area contributed by atoms with E-state index in [0.717, 1.165) is 19.4 Å². The first-order chi connectivity index (χ1) is 12.9. The van der Waals surface area contributed by atoms with Gasteiger partial charge in [-0.25, -0.2) is 13.2 Å². The Balaban J connectivity index is 1.53. The van der Waals surface area contributed by atoms with E-state index >= 15 is 0 Å². The van der Waals surface area contributed by atoms with Crippen LogP contribution in [0, 0.1) is 11.3 Å². The van der Waals surface area contributed by atoms with Crippen LogP contribution in [-0.4, -0.2) is 68.3 Å². The Morgan fingerprint density at radius 2 is 1.85 bits per heavy atom. The molecule has 8 heteroatoms. The van der Waals surface area contributed by atoms with Crippen LogP contribution in [0.1, 0.15) is 31.7 Å². The number of carbonyl (C=O) groups excluding carboxylic acids is 1. The Bertz CT molecular complexity index is 802. The van der Waals surface area contributed by atoms with Crippen LogP contribution in [-0.2, 0) is 9.84 Å². The van der Waals surface area contributed by atoms with Crippen molar-refractivity contribution in [2.45, 2.75) is 43.2 Å². The zero-order valence-corrected chi connectivity index (χ0v) is 16.4. The van der Waals surface area contributed by atoms with E-state index in [9.17, 15) is 13.2 Å². The second-order valence-electron chi connectivity index (χ2n) is 7.17. The van der Waals surface area contributed by atoms with Crippen LogP contribution in [0.4, 0.5) is 4.79 Å². The lowest BCUT2D eigenvalue weighted by Gasteiger charge is -2.41. The van der Waals surface area contributed by atoms with E-state index in [1.54, 1.807) is 0 Å². The standard InChI is InChI=1S/C19H26N4O3S/c1-2-21-19(24)22-13-16-6-7-17(14-22)23(16)10-3-11-27(25,26)18-8-4-15(12-20)5-9-18/h4-5,8-9,16-17H,2-3,6-7,10-11,13-14H2,1H3,(H,21,24). The van der Waals surface area contributed by atoms with Gasteiger partial charge >= 0.3 is 6.03 Å². The highest BCUT2D eigenvalue weighted by molar-refractivity contribution is 7.91. The SMILES string of the molecule is CCNC(=O)N1CC2CCC(C1)N2CCCS(=O)(=O)c1ccc(C#N)cc1. The first-order valence-corrected chi connectivity index (χ1v) is 11.1. The van der Waals surface area contributed by atoms with E-state index in [1.165, 1.54) is 24.3 Å². The number of urea groups is 1. The monoisotopic (exact) mass is 390 g/mol. The molecule has 2 unspecified atom stereocenters. The number of nitrogens with zero attached hydrogens (tertiary/aromatic N) is 3. The van der Waals surface area contributed by atoms with Crippen LogP contribution >= 0.6 is 0 Å². The van der Waals surface area contributed by atoms with Gasteiger partial charge < -0.3 is 10.2 Å². The summed E-state index contributed by atoms with van der Waals surface area (Å²) in [5.41, 5.74) is 0.454. The minimum absolute atomic E-state index is 0.00237. The topological polar surface area (TPSA) is 93.5 Å². The van der Waals surface area contributed by atoms with Crippen LogP contribution in [0.15, 0.2) is 29.2 Å². The van der Waals surface area contributed by atoms with E-state index in [1.807, 2.05) is 17.9 Å². The Morgan fingerprint density at radius 3 is 2.41 bits per heavy atom. The predicted octanol–water partition coefficient (Wildman–Crippen LogP) is 1.60. The molecular weight excluding hydrogens is 364 g/mol. The molecule has 1 aromatic carbocycles. The minimum atomic E-state index is -3.34. The fraction of sp³-hybridized carbons (Fsp3) is 0.579. The highest BCUT2D eigenvalue weighted by Crippen LogP contribution is 2.30. The van der Waals surface area contributed by atoms with Crippen molar-refractivity contribution in [3.05, 3.63) is 29.8 Å². The Hall–Kier alpha value is -2.11. The molecule has 27 heavy (non-hydrogen) atoms. The van der Waals surface area contributed by atoms with Gasteiger partial charge in [-0.15, -0.1) is 0 Å². The molecule has 2 heterocycles. The van der Waals surface area contributed by atoms with Crippen molar-refractivity contribution in [3.8, 4) is 6.07 Å². The Labute approximate surface area is 160 Å². The number of hydrogen-bond donors (Lipinski definition) is 1. The lowest BCUT2D eigenvalue weighted by atomic mass is 10.2. The Morgan fingerprint density at radius 1 is 1.22 bits per heavy atom. The van der Waals surface area contributed by atoms with Crippen LogP contribution in [0.2, 0.25) is 0 Å². The summed E-state index contributed by atoms with van der Waals surface area (Å²) >= 11 is 0. The number of sulfone groups is 1. The van der Waals surface area contributed by atoms with Gasteiger partial charge in [0.05, 0.1) is 22.3 Å². The van der Waals surface area contributed by atoms with Crippen LogP contribution < -0.4 is 5.32 Å². The summed E-state index contributed by atoms with van der Waals surface area (Å²) in [6.07, 6.45) is 2.68. The smallest absolute Gasteiger partial charge is 0.317 e. The molecule has 1 N–H and O–H groups in total. The third kappa shape index (κ3) is 4.42. The summed E-state index contributed by atoms with van der Waals surface area (Å²) in [5, 5.41) is 11.7. The number of amides is 2. The van der Waals surface area contributed by atoms with Crippen molar-refractivity contribution in [2.24, 2.45) is 0 Å². The van der Waals surface area contributed by atoms with Gasteiger partial charge in [-0.05, 0) is 57.0 Å². The molecule has 0 radical (unpaired) electrons. The van der Waals surface area contributed by atoms with Gasteiger partial charge in [0.25, 0.3) is 0 Å². The van der Waals surface area contributed by atoms with Gasteiger partial charge in [-0.2, -0.15) is 5.26 Å². The highest BCUT2D eigenvalue weighted by atomic mass is 32.2. The largest absolute Gasteiger partial charge is 0.338 e. The van der Waals surface area contributed by atoms with Crippen molar-refractivity contribution < 1.29 is 13.2 Å². The summed E-state index contributed by atoms with van der Waals surface area (Å²) in [4.78, 5) is 16.6. The fourth-order valence-electron chi connectivity index (χ4n) is 4.08. The summed E-state index contributed by atoms with van der Waals surface area (Å²) in [6, 6.07) is 8.71. The van der Waals surface area contributed by atoms with E-state index in [0.29, 0.717) is 43.7 Å². The van der Waals surface area contributed by atoms with Crippen LogP contribution in [0.5, 0.6) is 0 Å². The van der Waals surface area contributed by atoms with Crippen LogP contribution in [0.25, 0.3) is 0 Å². The van der Waals surface area contributed by atoms with E-state index in [2.05, 4.69) is 10.2 Å². The van der Waals surface area contributed by atoms with Gasteiger partial charge in [-0.3, -0.25) is 4.90 Å². The number of carbonyl (C=O) groups is 1. The number of benzene rings is 1. The first-order valence-electron chi connectivity index (χ1n) is 9.46. The quantitative estimate of drug-likeness (QED) is 0.796. The molecule has 2 fully saturated rings. The number of nitriles is 1. The average molecular weight is 391 g/mol. The number of hydrogen-bond acceptors (Lipinski definition) is 5. The average Bonchev–Trinajstić information content (AvgIpc) is 2.89. The maximum Gasteiger partial charge on any atom is 0.317 e. The van der Waals surface area contributed by atoms with Crippen LogP contribution in [0.3, 0.4) is 0 Å². The van der Waals surface area contributed by atoms with E-state index < -0.39 is 9.84 Å². The van der Waals surface area contributed by atoms with Gasteiger partial charge in [0, 0.05) is 31.7 Å². The van der Waals surface area contributed by atoms with Crippen molar-refractivity contribution in [1.82, 2.24) is 15.1 Å². The Kier molecular flexibility index (Phi) is 6.02. The molecule has 2 atom stereocenters. The molecule has 3 rings (SSSR count). The van der Waals surface area contributed by atoms with E-state index in [4.69, 9.17) is 5.26 Å². The summed E-state index contributed by atoms with van der Waals surface area (Å²) in [6.45, 7) is 4.70. The van der Waals surface area contributed by atoms with Gasteiger partial charge in [0.1, 0.15) is 0 Å². The molecule has 2 aliphatic heterocycles. The van der Waals surface area contributed by atoms with Gasteiger partial charge in [0.2, 0.25) is 0 Å². The van der Waals surface area contributed by atoms with Crippen molar-refractivity contribution in [2.75, 3.05) is 31.9 Å². The maximum atomic E-state index is 12.5.